The molecule has 6 N–H and O–H groups in total. The van der Waals surface area contributed by atoms with Crippen molar-refractivity contribution >= 4 is 11.9 Å². The van der Waals surface area contributed by atoms with Crippen LogP contribution in [0.5, 0.6) is 0 Å². The molecule has 22 heavy (non-hydrogen) atoms. The number of aliphatic carboxylic acids is 1. The quantitative estimate of drug-likeness (QED) is 0.302. The predicted molar refractivity (Wildman–Crippen MR) is 72.5 cm³/mol. The van der Waals surface area contributed by atoms with Gasteiger partial charge in [0.05, 0.1) is 31.5 Å². The van der Waals surface area contributed by atoms with Crippen molar-refractivity contribution in [3.8, 4) is 0 Å². The SMILES string of the molecule is CCC(=O)N[C@@H]1C(O)C=C(C(=O)O)OC1C(CO)C(O)CO. The zero-order valence-electron chi connectivity index (χ0n) is 12.0. The summed E-state index contributed by atoms with van der Waals surface area (Å²) in [6, 6.07) is -1.06. The Hall–Kier alpha value is -1.68. The highest BCUT2D eigenvalue weighted by Gasteiger charge is 2.43. The second-order valence-electron chi connectivity index (χ2n) is 4.95. The van der Waals surface area contributed by atoms with Crippen LogP contribution in [0.3, 0.4) is 0 Å². The van der Waals surface area contributed by atoms with Crippen LogP contribution in [0.1, 0.15) is 13.3 Å². The number of ether oxygens (including phenoxy) is 1. The van der Waals surface area contributed by atoms with E-state index in [1.54, 1.807) is 6.92 Å². The number of amides is 1. The molecular weight excluding hydrogens is 298 g/mol. The van der Waals surface area contributed by atoms with E-state index < -0.39 is 61.1 Å². The van der Waals surface area contributed by atoms with Crippen LogP contribution in [0.25, 0.3) is 0 Å². The lowest BCUT2D eigenvalue weighted by atomic mass is 9.87. The minimum atomic E-state index is -1.43. The van der Waals surface area contributed by atoms with Gasteiger partial charge in [-0.05, 0) is 6.08 Å². The number of hydrogen-bond donors (Lipinski definition) is 6. The molecule has 9 heteroatoms. The summed E-state index contributed by atoms with van der Waals surface area (Å²) in [5.41, 5.74) is 0. The van der Waals surface area contributed by atoms with Gasteiger partial charge in [0.2, 0.25) is 11.7 Å². The van der Waals surface area contributed by atoms with Crippen LogP contribution in [-0.2, 0) is 14.3 Å². The fraction of sp³-hybridized carbons (Fsp3) is 0.692. The van der Waals surface area contributed by atoms with Crippen LogP contribution in [0, 0.1) is 5.92 Å². The van der Waals surface area contributed by atoms with E-state index in [2.05, 4.69) is 5.32 Å². The summed E-state index contributed by atoms with van der Waals surface area (Å²) in [6.07, 6.45) is -2.94. The molecule has 0 aliphatic carbocycles. The van der Waals surface area contributed by atoms with Crippen molar-refractivity contribution in [2.45, 2.75) is 37.7 Å². The van der Waals surface area contributed by atoms with E-state index >= 15 is 0 Å². The van der Waals surface area contributed by atoms with E-state index in [1.165, 1.54) is 0 Å². The highest BCUT2D eigenvalue weighted by Crippen LogP contribution is 2.26. The number of aliphatic hydroxyl groups is 4. The van der Waals surface area contributed by atoms with Crippen molar-refractivity contribution in [3.05, 3.63) is 11.8 Å². The van der Waals surface area contributed by atoms with Crippen molar-refractivity contribution in [1.82, 2.24) is 5.32 Å². The number of carboxylic acid groups (broad SMARTS) is 1. The summed E-state index contributed by atoms with van der Waals surface area (Å²) in [5.74, 6) is -3.49. The second kappa shape index (κ2) is 8.08. The highest BCUT2D eigenvalue weighted by atomic mass is 16.5. The molecular formula is C13H21NO8. The van der Waals surface area contributed by atoms with Crippen LogP contribution < -0.4 is 5.32 Å². The molecule has 1 aliphatic heterocycles. The Morgan fingerprint density at radius 3 is 2.45 bits per heavy atom. The van der Waals surface area contributed by atoms with Crippen molar-refractivity contribution in [2.24, 2.45) is 5.92 Å². The van der Waals surface area contributed by atoms with Gasteiger partial charge in [-0.2, -0.15) is 0 Å². The van der Waals surface area contributed by atoms with E-state index in [4.69, 9.17) is 14.9 Å². The van der Waals surface area contributed by atoms with Gasteiger partial charge < -0.3 is 35.6 Å². The molecule has 126 valence electrons. The van der Waals surface area contributed by atoms with Crippen LogP contribution in [-0.4, -0.2) is 75.0 Å². The number of hydrogen-bond acceptors (Lipinski definition) is 7. The Morgan fingerprint density at radius 1 is 1.36 bits per heavy atom. The maximum absolute atomic E-state index is 11.5. The predicted octanol–water partition coefficient (Wildman–Crippen LogP) is -2.43. The molecule has 9 nitrogen and oxygen atoms in total. The lowest BCUT2D eigenvalue weighted by Crippen LogP contribution is -2.58. The van der Waals surface area contributed by atoms with Crippen molar-refractivity contribution in [2.75, 3.05) is 13.2 Å². The minimum absolute atomic E-state index is 0.123. The largest absolute Gasteiger partial charge is 0.481 e. The zero-order chi connectivity index (χ0) is 16.9. The molecule has 1 amide bonds. The molecule has 0 aromatic heterocycles. The summed E-state index contributed by atoms with van der Waals surface area (Å²) < 4.78 is 5.21. The molecule has 5 atom stereocenters. The number of nitrogens with one attached hydrogen (secondary N) is 1. The van der Waals surface area contributed by atoms with E-state index in [0.717, 1.165) is 6.08 Å². The summed E-state index contributed by atoms with van der Waals surface area (Å²) in [6.45, 7) is 0.261. The van der Waals surface area contributed by atoms with Crippen molar-refractivity contribution < 1.29 is 39.9 Å². The third-order valence-corrected chi connectivity index (χ3v) is 3.48. The second-order valence-corrected chi connectivity index (χ2v) is 4.95. The summed E-state index contributed by atoms with van der Waals surface area (Å²) in [5, 5.41) is 49.6. The molecule has 0 saturated carbocycles. The lowest BCUT2D eigenvalue weighted by Gasteiger charge is -2.39. The smallest absolute Gasteiger partial charge is 0.370 e. The van der Waals surface area contributed by atoms with E-state index in [0.29, 0.717) is 0 Å². The van der Waals surface area contributed by atoms with Gasteiger partial charge in [0.15, 0.2) is 0 Å². The lowest BCUT2D eigenvalue weighted by molar-refractivity contribution is -0.145. The average Bonchev–Trinajstić information content (AvgIpc) is 2.49. The minimum Gasteiger partial charge on any atom is -0.481 e. The standard InChI is InChI=1S/C13H21NO8/c1-2-10(19)14-11-7(17)3-9(13(20)21)22-12(11)6(4-15)8(18)5-16/h3,6-8,11-12,15-18H,2,4-5H2,1H3,(H,14,19)(H,20,21)/t6?,7?,8?,11-,12?/m1/s1. The molecule has 1 aliphatic rings. The monoisotopic (exact) mass is 319 g/mol. The summed E-state index contributed by atoms with van der Waals surface area (Å²) >= 11 is 0. The molecule has 0 radical (unpaired) electrons. The molecule has 0 aromatic rings. The van der Waals surface area contributed by atoms with Gasteiger partial charge in [-0.25, -0.2) is 4.79 Å². The molecule has 0 aromatic carbocycles. The van der Waals surface area contributed by atoms with Gasteiger partial charge >= 0.3 is 5.97 Å². The van der Waals surface area contributed by atoms with Gasteiger partial charge in [0.1, 0.15) is 6.10 Å². The van der Waals surface area contributed by atoms with Crippen LogP contribution in [0.15, 0.2) is 11.8 Å². The van der Waals surface area contributed by atoms with Crippen molar-refractivity contribution in [3.63, 3.8) is 0 Å². The topological polar surface area (TPSA) is 157 Å². The first kappa shape index (κ1) is 18.4. The highest BCUT2D eigenvalue weighted by molar-refractivity contribution is 5.84. The molecule has 1 rings (SSSR count). The molecule has 0 spiro atoms. The Bertz CT molecular complexity index is 438. The first-order valence-electron chi connectivity index (χ1n) is 6.84. The van der Waals surface area contributed by atoms with Gasteiger partial charge in [-0.3, -0.25) is 4.79 Å². The number of carbonyl (C=O) groups is 2. The molecule has 0 fully saturated rings. The first-order valence-corrected chi connectivity index (χ1v) is 6.84. The maximum Gasteiger partial charge on any atom is 0.370 e. The number of carboxylic acids is 1. The number of rotatable bonds is 7. The third-order valence-electron chi connectivity index (χ3n) is 3.48. The number of carbonyl (C=O) groups excluding carboxylic acids is 1. The Balaban J connectivity index is 3.11. The molecule has 0 bridgehead atoms. The zero-order valence-corrected chi connectivity index (χ0v) is 12.0. The summed E-state index contributed by atoms with van der Waals surface area (Å²) in [7, 11) is 0. The Morgan fingerprint density at radius 2 is 2.00 bits per heavy atom. The number of aliphatic hydroxyl groups excluding tert-OH is 4. The van der Waals surface area contributed by atoms with Gasteiger partial charge in [0, 0.05) is 12.3 Å². The van der Waals surface area contributed by atoms with Gasteiger partial charge in [-0.1, -0.05) is 6.92 Å². The maximum atomic E-state index is 11.5. The average molecular weight is 319 g/mol. The fourth-order valence-electron chi connectivity index (χ4n) is 2.22. The summed E-state index contributed by atoms with van der Waals surface area (Å²) in [4.78, 5) is 22.6. The fourth-order valence-corrected chi connectivity index (χ4v) is 2.22. The first-order chi connectivity index (χ1) is 10.3. The van der Waals surface area contributed by atoms with Crippen LogP contribution in [0.4, 0.5) is 0 Å². The van der Waals surface area contributed by atoms with E-state index in [-0.39, 0.29) is 6.42 Å². The molecule has 0 saturated heterocycles. The van der Waals surface area contributed by atoms with Crippen LogP contribution >= 0.6 is 0 Å². The van der Waals surface area contributed by atoms with Gasteiger partial charge in [0.25, 0.3) is 0 Å². The Labute approximate surface area is 126 Å². The Kier molecular flexibility index (Phi) is 6.75. The van der Waals surface area contributed by atoms with E-state index in [1.807, 2.05) is 0 Å². The molecule has 1 heterocycles. The van der Waals surface area contributed by atoms with Crippen molar-refractivity contribution in [1.29, 1.82) is 0 Å². The van der Waals surface area contributed by atoms with Crippen LogP contribution in [0.2, 0.25) is 0 Å². The van der Waals surface area contributed by atoms with Gasteiger partial charge in [-0.15, -0.1) is 0 Å². The normalized spacial score (nSPS) is 27.3. The molecule has 4 unspecified atom stereocenters. The third kappa shape index (κ3) is 4.17. The van der Waals surface area contributed by atoms with E-state index in [9.17, 15) is 24.9 Å².